The number of carbonyl (C=O) groups is 2. The van der Waals surface area contributed by atoms with Crippen molar-refractivity contribution in [3.05, 3.63) is 0 Å². The molecule has 0 rings (SSSR count). The van der Waals surface area contributed by atoms with E-state index >= 15 is 0 Å². The lowest BCUT2D eigenvalue weighted by atomic mass is 10.3. The van der Waals surface area contributed by atoms with Crippen LogP contribution >= 0.6 is 0 Å². The monoisotopic (exact) mass is 117 g/mol. The second-order valence-electron chi connectivity index (χ2n) is 1.18. The largest absolute Gasteiger partial charge is 0.393 e. The molecule has 0 amide bonds. The van der Waals surface area contributed by atoms with Crippen molar-refractivity contribution >= 4 is 11.8 Å². The van der Waals surface area contributed by atoms with E-state index in [1.807, 2.05) is 0 Å². The van der Waals surface area contributed by atoms with E-state index in [-0.39, 0.29) is 6.42 Å². The highest BCUT2D eigenvalue weighted by Gasteiger charge is 2.09. The molecular weight excluding hydrogens is 110 g/mol. The molecule has 0 aliphatic carbocycles. The Morgan fingerprint density at radius 3 is 2.25 bits per heavy atom. The molecule has 0 radical (unpaired) electrons. The molecule has 0 aromatic heterocycles. The predicted octanol–water partition coefficient (Wildman–Crippen LogP) is -0.618. The van der Waals surface area contributed by atoms with E-state index in [1.165, 1.54) is 0 Å². The van der Waals surface area contributed by atoms with E-state index in [4.69, 9.17) is 0 Å². The molecule has 0 aromatic rings. The highest BCUT2D eigenvalue weighted by molar-refractivity contribution is 6.33. The van der Waals surface area contributed by atoms with E-state index in [0.29, 0.717) is 0 Å². The first-order chi connectivity index (χ1) is 3.72. The molecule has 0 saturated carbocycles. The molecule has 0 spiro atoms. The summed E-state index contributed by atoms with van der Waals surface area (Å²) in [5, 5.41) is 0. The van der Waals surface area contributed by atoms with E-state index in [9.17, 15) is 9.59 Å². The summed E-state index contributed by atoms with van der Waals surface area (Å²) >= 11 is 0. The topological polar surface area (TPSA) is 69.4 Å². The molecule has 0 fully saturated rings. The van der Waals surface area contributed by atoms with Crippen molar-refractivity contribution in [1.29, 1.82) is 0 Å². The first-order valence-electron chi connectivity index (χ1n) is 2.16. The van der Waals surface area contributed by atoms with Crippen molar-refractivity contribution in [1.82, 2.24) is 0 Å². The summed E-state index contributed by atoms with van der Waals surface area (Å²) in [5.74, 6) is 2.79. The zero-order chi connectivity index (χ0) is 6.57. The van der Waals surface area contributed by atoms with Gasteiger partial charge in [0.25, 0.3) is 0 Å². The molecule has 0 saturated heterocycles. The van der Waals surface area contributed by atoms with Crippen molar-refractivity contribution in [3.8, 4) is 0 Å². The molecule has 0 aliphatic rings. The normalized spacial score (nSPS) is 8.25. The van der Waals surface area contributed by atoms with Crippen LogP contribution in [0, 0.1) is 0 Å². The van der Waals surface area contributed by atoms with Gasteiger partial charge in [-0.1, -0.05) is 6.92 Å². The standard InChI is InChI=1S/C4H7NO3/c1-2-3(6)4(7)8-5/h2,5H2,1H3. The van der Waals surface area contributed by atoms with Crippen molar-refractivity contribution in [2.45, 2.75) is 13.3 Å². The van der Waals surface area contributed by atoms with Crippen LogP contribution < -0.4 is 5.90 Å². The summed E-state index contributed by atoms with van der Waals surface area (Å²) in [6.07, 6.45) is 0.135. The van der Waals surface area contributed by atoms with Gasteiger partial charge in [0.15, 0.2) is 0 Å². The van der Waals surface area contributed by atoms with Crippen LogP contribution in [0.3, 0.4) is 0 Å². The maximum absolute atomic E-state index is 10.2. The third-order valence-electron chi connectivity index (χ3n) is 0.656. The molecule has 0 heterocycles. The first-order valence-corrected chi connectivity index (χ1v) is 2.16. The molecule has 0 aliphatic heterocycles. The third kappa shape index (κ3) is 1.70. The second kappa shape index (κ2) is 3.15. The lowest BCUT2D eigenvalue weighted by molar-refractivity contribution is -0.154. The van der Waals surface area contributed by atoms with E-state index in [0.717, 1.165) is 0 Å². The summed E-state index contributed by atoms with van der Waals surface area (Å²) in [6, 6.07) is 0. The van der Waals surface area contributed by atoms with Gasteiger partial charge >= 0.3 is 5.97 Å². The van der Waals surface area contributed by atoms with Crippen molar-refractivity contribution in [2.24, 2.45) is 5.90 Å². The molecule has 46 valence electrons. The molecular formula is C4H7NO3. The minimum absolute atomic E-state index is 0.135. The molecule has 0 aromatic carbocycles. The fourth-order valence-electron chi connectivity index (χ4n) is 0.210. The Balaban J connectivity index is 3.64. The maximum atomic E-state index is 10.2. The van der Waals surface area contributed by atoms with Gasteiger partial charge in [0.05, 0.1) is 0 Å². The van der Waals surface area contributed by atoms with Crippen molar-refractivity contribution in [3.63, 3.8) is 0 Å². The van der Waals surface area contributed by atoms with E-state index in [2.05, 4.69) is 10.7 Å². The van der Waals surface area contributed by atoms with Gasteiger partial charge in [-0.15, -0.1) is 0 Å². The van der Waals surface area contributed by atoms with Gasteiger partial charge in [-0.25, -0.2) is 4.79 Å². The average molecular weight is 117 g/mol. The fourth-order valence-corrected chi connectivity index (χ4v) is 0.210. The number of Topliss-reactive ketones (excluding diaryl/α,β-unsaturated/α-hetero) is 1. The zero-order valence-corrected chi connectivity index (χ0v) is 4.51. The quantitative estimate of drug-likeness (QED) is 0.386. The third-order valence-corrected chi connectivity index (χ3v) is 0.656. The predicted molar refractivity (Wildman–Crippen MR) is 25.6 cm³/mol. The summed E-state index contributed by atoms with van der Waals surface area (Å²) in [6.45, 7) is 1.55. The molecule has 2 N–H and O–H groups in total. The van der Waals surface area contributed by atoms with Gasteiger partial charge in [-0.05, 0) is 0 Å². The van der Waals surface area contributed by atoms with Crippen molar-refractivity contribution < 1.29 is 14.4 Å². The summed E-state index contributed by atoms with van der Waals surface area (Å²) in [5.41, 5.74) is 0. The van der Waals surface area contributed by atoms with Gasteiger partial charge in [-0.2, -0.15) is 5.90 Å². The minimum atomic E-state index is -0.979. The highest BCUT2D eigenvalue weighted by atomic mass is 16.7. The first kappa shape index (κ1) is 7.10. The number of hydrogen-bond acceptors (Lipinski definition) is 4. The Labute approximate surface area is 46.6 Å². The van der Waals surface area contributed by atoms with Crippen LogP contribution in [0.4, 0.5) is 0 Å². The van der Waals surface area contributed by atoms with Gasteiger partial charge in [0.2, 0.25) is 5.78 Å². The van der Waals surface area contributed by atoms with Crippen LogP contribution in [0.5, 0.6) is 0 Å². The van der Waals surface area contributed by atoms with Gasteiger partial charge in [-0.3, -0.25) is 4.79 Å². The Hall–Kier alpha value is -0.900. The maximum Gasteiger partial charge on any atom is 0.393 e. The van der Waals surface area contributed by atoms with Crippen LogP contribution in [-0.2, 0) is 14.4 Å². The number of nitrogens with two attached hydrogens (primary N) is 1. The average Bonchev–Trinajstić information content (AvgIpc) is 1.84. The summed E-state index contributed by atoms with van der Waals surface area (Å²) < 4.78 is 0. The SMILES string of the molecule is CCC(=O)C(=O)ON. The second-order valence-corrected chi connectivity index (χ2v) is 1.18. The zero-order valence-electron chi connectivity index (χ0n) is 4.51. The van der Waals surface area contributed by atoms with Gasteiger partial charge < -0.3 is 4.84 Å². The minimum Gasteiger partial charge on any atom is -0.367 e. The number of rotatable bonds is 2. The van der Waals surface area contributed by atoms with Crippen LogP contribution in [0.2, 0.25) is 0 Å². The van der Waals surface area contributed by atoms with Crippen LogP contribution in [0.25, 0.3) is 0 Å². The van der Waals surface area contributed by atoms with Crippen molar-refractivity contribution in [2.75, 3.05) is 0 Å². The Morgan fingerprint density at radius 1 is 1.62 bits per heavy atom. The molecule has 0 bridgehead atoms. The molecule has 4 nitrogen and oxygen atoms in total. The van der Waals surface area contributed by atoms with E-state index in [1.54, 1.807) is 6.92 Å². The number of carbonyl (C=O) groups excluding carboxylic acids is 2. The lowest BCUT2D eigenvalue weighted by Gasteiger charge is -1.89. The van der Waals surface area contributed by atoms with Crippen LogP contribution in [0.1, 0.15) is 13.3 Å². The van der Waals surface area contributed by atoms with Crippen LogP contribution in [-0.4, -0.2) is 11.8 Å². The Kier molecular flexibility index (Phi) is 2.79. The Bertz CT molecular complexity index is 95.9. The Morgan fingerprint density at radius 2 is 2.12 bits per heavy atom. The van der Waals surface area contributed by atoms with Crippen LogP contribution in [0.15, 0.2) is 0 Å². The van der Waals surface area contributed by atoms with Gasteiger partial charge in [0, 0.05) is 6.42 Å². The van der Waals surface area contributed by atoms with E-state index < -0.39 is 11.8 Å². The fraction of sp³-hybridized carbons (Fsp3) is 0.500. The highest BCUT2D eigenvalue weighted by Crippen LogP contribution is 1.80. The van der Waals surface area contributed by atoms with Gasteiger partial charge in [0.1, 0.15) is 0 Å². The molecule has 4 heteroatoms. The smallest absolute Gasteiger partial charge is 0.367 e. The lowest BCUT2D eigenvalue weighted by Crippen LogP contribution is -2.19. The molecule has 8 heavy (non-hydrogen) atoms. The number of ketones is 1. The summed E-state index contributed by atoms with van der Waals surface area (Å²) in [4.78, 5) is 23.8. The molecule has 0 atom stereocenters. The molecule has 0 unspecified atom stereocenters. The summed E-state index contributed by atoms with van der Waals surface area (Å²) in [7, 11) is 0. The number of hydrogen-bond donors (Lipinski definition) is 1.